The van der Waals surface area contributed by atoms with E-state index in [0.29, 0.717) is 18.1 Å². The molecule has 0 radical (unpaired) electrons. The van der Waals surface area contributed by atoms with Crippen molar-refractivity contribution in [2.75, 3.05) is 25.0 Å². The highest BCUT2D eigenvalue weighted by atomic mass is 16.5. The molecular weight excluding hydrogens is 304 g/mol. The molecule has 0 atom stereocenters. The van der Waals surface area contributed by atoms with Crippen LogP contribution in [0.4, 0.5) is 11.5 Å². The van der Waals surface area contributed by atoms with E-state index in [0.717, 1.165) is 37.4 Å². The number of anilines is 2. The number of likely N-dealkylation sites (tertiary alicyclic amines) is 1. The van der Waals surface area contributed by atoms with E-state index in [1.54, 1.807) is 12.1 Å². The predicted octanol–water partition coefficient (Wildman–Crippen LogP) is 3.25. The Morgan fingerprint density at radius 1 is 1.08 bits per heavy atom. The van der Waals surface area contributed by atoms with Crippen LogP contribution in [0.5, 0.6) is 5.75 Å². The summed E-state index contributed by atoms with van der Waals surface area (Å²) in [5.41, 5.74) is 1.29. The van der Waals surface area contributed by atoms with E-state index in [1.807, 2.05) is 36.1 Å². The Labute approximate surface area is 141 Å². The third kappa shape index (κ3) is 4.01. The van der Waals surface area contributed by atoms with Gasteiger partial charge in [0.05, 0.1) is 6.61 Å². The number of ether oxygens (including phenoxy) is 1. The van der Waals surface area contributed by atoms with Gasteiger partial charge in [-0.3, -0.25) is 4.79 Å². The van der Waals surface area contributed by atoms with Crippen molar-refractivity contribution in [3.8, 4) is 5.75 Å². The average molecular weight is 326 g/mol. The topological polar surface area (TPSA) is 67.3 Å². The lowest BCUT2D eigenvalue weighted by molar-refractivity contribution is 0.0717. The zero-order valence-corrected chi connectivity index (χ0v) is 13.9. The van der Waals surface area contributed by atoms with Crippen molar-refractivity contribution in [3.05, 3.63) is 42.1 Å². The van der Waals surface area contributed by atoms with E-state index in [-0.39, 0.29) is 5.91 Å². The van der Waals surface area contributed by atoms with Crippen LogP contribution in [0.15, 0.2) is 36.4 Å². The molecule has 0 spiro atoms. The Kier molecular flexibility index (Phi) is 5.25. The van der Waals surface area contributed by atoms with Crippen molar-refractivity contribution in [1.29, 1.82) is 0 Å². The second kappa shape index (κ2) is 7.77. The van der Waals surface area contributed by atoms with Gasteiger partial charge in [0.2, 0.25) is 0 Å². The van der Waals surface area contributed by atoms with E-state index < -0.39 is 0 Å². The molecule has 0 aliphatic carbocycles. The first-order valence-corrected chi connectivity index (χ1v) is 8.39. The fourth-order valence-corrected chi connectivity index (χ4v) is 2.72. The summed E-state index contributed by atoms with van der Waals surface area (Å²) in [7, 11) is 0. The summed E-state index contributed by atoms with van der Waals surface area (Å²) >= 11 is 0. The van der Waals surface area contributed by atoms with Gasteiger partial charge in [-0.05, 0) is 62.6 Å². The molecule has 2 heterocycles. The second-order valence-corrected chi connectivity index (χ2v) is 5.74. The van der Waals surface area contributed by atoms with Crippen molar-refractivity contribution in [2.45, 2.75) is 26.2 Å². The number of carbonyl (C=O) groups is 1. The summed E-state index contributed by atoms with van der Waals surface area (Å²) < 4.78 is 5.41. The highest BCUT2D eigenvalue weighted by molar-refractivity contribution is 5.92. The maximum atomic E-state index is 12.4. The molecule has 6 nitrogen and oxygen atoms in total. The SMILES string of the molecule is CCOc1ccc(Nc2ccc(C(=O)N3CCCCC3)nn2)cc1. The highest BCUT2D eigenvalue weighted by Crippen LogP contribution is 2.19. The first-order chi connectivity index (χ1) is 11.8. The first kappa shape index (κ1) is 16.2. The van der Waals surface area contributed by atoms with Crippen LogP contribution in [0.3, 0.4) is 0 Å². The third-order valence-electron chi connectivity index (χ3n) is 3.96. The molecule has 1 amide bonds. The van der Waals surface area contributed by atoms with Gasteiger partial charge >= 0.3 is 0 Å². The third-order valence-corrected chi connectivity index (χ3v) is 3.96. The lowest BCUT2D eigenvalue weighted by Gasteiger charge is -2.26. The van der Waals surface area contributed by atoms with Crippen molar-refractivity contribution < 1.29 is 9.53 Å². The minimum absolute atomic E-state index is 0.0326. The minimum atomic E-state index is -0.0326. The average Bonchev–Trinajstić information content (AvgIpc) is 2.64. The van der Waals surface area contributed by atoms with Gasteiger partial charge in [-0.15, -0.1) is 10.2 Å². The normalized spacial score (nSPS) is 14.3. The molecular formula is C18H22N4O2. The minimum Gasteiger partial charge on any atom is -0.494 e. The Morgan fingerprint density at radius 2 is 1.83 bits per heavy atom. The molecule has 126 valence electrons. The van der Waals surface area contributed by atoms with Crippen molar-refractivity contribution in [2.24, 2.45) is 0 Å². The van der Waals surface area contributed by atoms with Crippen molar-refractivity contribution >= 4 is 17.4 Å². The van der Waals surface area contributed by atoms with Crippen molar-refractivity contribution in [3.63, 3.8) is 0 Å². The van der Waals surface area contributed by atoms with Gasteiger partial charge in [-0.25, -0.2) is 0 Å². The smallest absolute Gasteiger partial charge is 0.274 e. The molecule has 1 aromatic heterocycles. The van der Waals surface area contributed by atoms with Crippen LogP contribution in [0.1, 0.15) is 36.7 Å². The molecule has 3 rings (SSSR count). The van der Waals surface area contributed by atoms with Crippen LogP contribution in [0.25, 0.3) is 0 Å². The molecule has 1 N–H and O–H groups in total. The zero-order valence-electron chi connectivity index (χ0n) is 13.9. The summed E-state index contributed by atoms with van der Waals surface area (Å²) in [4.78, 5) is 14.2. The summed E-state index contributed by atoms with van der Waals surface area (Å²) in [6.07, 6.45) is 3.33. The van der Waals surface area contributed by atoms with Gasteiger partial charge in [0.1, 0.15) is 5.75 Å². The number of benzene rings is 1. The summed E-state index contributed by atoms with van der Waals surface area (Å²) in [6, 6.07) is 11.1. The van der Waals surface area contributed by atoms with E-state index in [2.05, 4.69) is 15.5 Å². The molecule has 1 aromatic carbocycles. The van der Waals surface area contributed by atoms with Crippen LogP contribution in [-0.4, -0.2) is 40.7 Å². The molecule has 0 saturated carbocycles. The number of carbonyl (C=O) groups excluding carboxylic acids is 1. The molecule has 0 bridgehead atoms. The maximum Gasteiger partial charge on any atom is 0.274 e. The second-order valence-electron chi connectivity index (χ2n) is 5.74. The Bertz CT molecular complexity index is 664. The number of nitrogens with one attached hydrogen (secondary N) is 1. The lowest BCUT2D eigenvalue weighted by atomic mass is 10.1. The molecule has 2 aromatic rings. The fraction of sp³-hybridized carbons (Fsp3) is 0.389. The van der Waals surface area contributed by atoms with Gasteiger partial charge < -0.3 is 15.0 Å². The number of aromatic nitrogens is 2. The van der Waals surface area contributed by atoms with Crippen LogP contribution in [-0.2, 0) is 0 Å². The quantitative estimate of drug-likeness (QED) is 0.913. The summed E-state index contributed by atoms with van der Waals surface area (Å²) in [5.74, 6) is 1.40. The monoisotopic (exact) mass is 326 g/mol. The molecule has 0 unspecified atom stereocenters. The highest BCUT2D eigenvalue weighted by Gasteiger charge is 2.19. The van der Waals surface area contributed by atoms with Gasteiger partial charge in [0.25, 0.3) is 5.91 Å². The van der Waals surface area contributed by atoms with E-state index in [4.69, 9.17) is 4.74 Å². The molecule has 6 heteroatoms. The Balaban J connectivity index is 1.62. The molecule has 1 aliphatic heterocycles. The lowest BCUT2D eigenvalue weighted by Crippen LogP contribution is -2.36. The van der Waals surface area contributed by atoms with Crippen LogP contribution in [0.2, 0.25) is 0 Å². The number of nitrogens with zero attached hydrogens (tertiary/aromatic N) is 3. The summed E-state index contributed by atoms with van der Waals surface area (Å²) in [6.45, 7) is 4.22. The van der Waals surface area contributed by atoms with E-state index in [1.165, 1.54) is 6.42 Å². The summed E-state index contributed by atoms with van der Waals surface area (Å²) in [5, 5.41) is 11.3. The zero-order chi connectivity index (χ0) is 16.8. The number of rotatable bonds is 5. The Hall–Kier alpha value is -2.63. The van der Waals surface area contributed by atoms with Crippen LogP contribution >= 0.6 is 0 Å². The van der Waals surface area contributed by atoms with E-state index >= 15 is 0 Å². The van der Waals surface area contributed by atoms with E-state index in [9.17, 15) is 4.79 Å². The number of hydrogen-bond acceptors (Lipinski definition) is 5. The molecule has 1 saturated heterocycles. The van der Waals surface area contributed by atoms with Crippen molar-refractivity contribution in [1.82, 2.24) is 15.1 Å². The van der Waals surface area contributed by atoms with Gasteiger partial charge in [0, 0.05) is 18.8 Å². The maximum absolute atomic E-state index is 12.4. The number of hydrogen-bond donors (Lipinski definition) is 1. The van der Waals surface area contributed by atoms with Crippen LogP contribution in [0, 0.1) is 0 Å². The molecule has 1 fully saturated rings. The van der Waals surface area contributed by atoms with Gasteiger partial charge in [0.15, 0.2) is 11.5 Å². The Morgan fingerprint density at radius 3 is 2.46 bits per heavy atom. The van der Waals surface area contributed by atoms with Gasteiger partial charge in [-0.2, -0.15) is 0 Å². The largest absolute Gasteiger partial charge is 0.494 e. The molecule has 24 heavy (non-hydrogen) atoms. The number of amides is 1. The predicted molar refractivity (Wildman–Crippen MR) is 92.7 cm³/mol. The molecule has 1 aliphatic rings. The standard InChI is InChI=1S/C18H22N4O2/c1-2-24-15-8-6-14(7-9-15)19-17-11-10-16(20-21-17)18(23)22-12-4-3-5-13-22/h6-11H,2-5,12-13H2,1H3,(H,19,21). The fourth-order valence-electron chi connectivity index (χ4n) is 2.72. The first-order valence-electron chi connectivity index (χ1n) is 8.39. The van der Waals surface area contributed by atoms with Gasteiger partial charge in [-0.1, -0.05) is 0 Å². The number of piperidine rings is 1. The van der Waals surface area contributed by atoms with Crippen LogP contribution < -0.4 is 10.1 Å².